The van der Waals surface area contributed by atoms with Gasteiger partial charge < -0.3 is 29.5 Å². The fraction of sp³-hybridized carbons (Fsp3) is 0.364. The van der Waals surface area contributed by atoms with Crippen molar-refractivity contribution in [3.05, 3.63) is 36.2 Å². The van der Waals surface area contributed by atoms with E-state index in [1.54, 1.807) is 12.1 Å². The van der Waals surface area contributed by atoms with Crippen molar-refractivity contribution in [2.24, 2.45) is 0 Å². The quantitative estimate of drug-likeness (QED) is 0.581. The molecule has 30 heavy (non-hydrogen) atoms. The Kier molecular flexibility index (Phi) is 4.92. The molecule has 0 fully saturated rings. The van der Waals surface area contributed by atoms with Gasteiger partial charge in [0.25, 0.3) is 0 Å². The maximum absolute atomic E-state index is 10.4. The highest BCUT2D eigenvalue weighted by molar-refractivity contribution is 5.94. The van der Waals surface area contributed by atoms with Gasteiger partial charge in [0.1, 0.15) is 12.1 Å². The number of nitrogens with one attached hydrogen (secondary N) is 1. The number of phenols is 1. The number of hydrogen-bond donors (Lipinski definition) is 2. The number of aromatic hydroxyl groups is 1. The number of phenolic OH excluding ortho intramolecular Hbond substituents is 1. The Labute approximate surface area is 174 Å². The van der Waals surface area contributed by atoms with Gasteiger partial charge in [0.2, 0.25) is 6.79 Å². The van der Waals surface area contributed by atoms with E-state index in [2.05, 4.69) is 33.3 Å². The first-order valence-corrected chi connectivity index (χ1v) is 10.2. The molecule has 0 unspecified atom stereocenters. The number of aromatic nitrogens is 2. The third kappa shape index (κ3) is 3.54. The van der Waals surface area contributed by atoms with Crippen LogP contribution in [0.25, 0.3) is 10.9 Å². The molecule has 0 radical (unpaired) electrons. The van der Waals surface area contributed by atoms with E-state index in [1.807, 2.05) is 6.07 Å². The largest absolute Gasteiger partial charge is 0.504 e. The maximum atomic E-state index is 10.4. The van der Waals surface area contributed by atoms with Crippen molar-refractivity contribution < 1.29 is 19.3 Å². The maximum Gasteiger partial charge on any atom is 0.231 e. The summed E-state index contributed by atoms with van der Waals surface area (Å²) >= 11 is 0. The highest BCUT2D eigenvalue weighted by Crippen LogP contribution is 2.44. The molecular formula is C22H24N4O4. The van der Waals surface area contributed by atoms with E-state index in [9.17, 15) is 5.11 Å². The van der Waals surface area contributed by atoms with Gasteiger partial charge in [-0.25, -0.2) is 9.97 Å². The van der Waals surface area contributed by atoms with E-state index in [4.69, 9.17) is 14.2 Å². The predicted octanol–water partition coefficient (Wildman–Crippen LogP) is 3.80. The summed E-state index contributed by atoms with van der Waals surface area (Å²) in [5.41, 5.74) is 2.56. The molecular weight excluding hydrogens is 384 g/mol. The van der Waals surface area contributed by atoms with Gasteiger partial charge in [0.15, 0.2) is 23.0 Å². The summed E-state index contributed by atoms with van der Waals surface area (Å²) in [6.07, 6.45) is 4.53. The number of hydrogen-bond acceptors (Lipinski definition) is 8. The summed E-state index contributed by atoms with van der Waals surface area (Å²) in [6, 6.07) is 7.42. The van der Waals surface area contributed by atoms with Crippen LogP contribution in [0.2, 0.25) is 0 Å². The lowest BCUT2D eigenvalue weighted by Crippen LogP contribution is -2.20. The molecule has 0 aliphatic carbocycles. The summed E-state index contributed by atoms with van der Waals surface area (Å²) in [7, 11) is 2.12. The highest BCUT2D eigenvalue weighted by Gasteiger charge is 2.23. The van der Waals surface area contributed by atoms with Crippen LogP contribution in [0.4, 0.5) is 11.5 Å². The van der Waals surface area contributed by atoms with E-state index in [1.165, 1.54) is 6.33 Å². The molecule has 0 saturated heterocycles. The lowest BCUT2D eigenvalue weighted by molar-refractivity contribution is 0.174. The van der Waals surface area contributed by atoms with Crippen molar-refractivity contribution in [1.82, 2.24) is 14.9 Å². The molecule has 0 spiro atoms. The van der Waals surface area contributed by atoms with E-state index in [0.29, 0.717) is 35.2 Å². The van der Waals surface area contributed by atoms with Crippen LogP contribution in [0.5, 0.6) is 23.0 Å². The fourth-order valence-corrected chi connectivity index (χ4v) is 3.90. The molecule has 5 rings (SSSR count). The number of rotatable bonds is 0. The van der Waals surface area contributed by atoms with E-state index in [-0.39, 0.29) is 12.5 Å². The second-order valence-corrected chi connectivity index (χ2v) is 7.66. The van der Waals surface area contributed by atoms with Gasteiger partial charge in [-0.15, -0.1) is 0 Å². The average molecular weight is 408 g/mol. The van der Waals surface area contributed by atoms with Crippen LogP contribution in [-0.4, -0.2) is 47.0 Å². The zero-order valence-corrected chi connectivity index (χ0v) is 16.9. The number of benzene rings is 2. The molecule has 156 valence electrons. The number of nitrogens with zero attached hydrogens (tertiary/aromatic N) is 3. The van der Waals surface area contributed by atoms with Crippen molar-refractivity contribution in [3.8, 4) is 23.0 Å². The van der Waals surface area contributed by atoms with Crippen molar-refractivity contribution in [1.29, 1.82) is 0 Å². The average Bonchev–Trinajstić information content (AvgIpc) is 3.21. The zero-order chi connectivity index (χ0) is 20.5. The highest BCUT2D eigenvalue weighted by atomic mass is 16.7. The van der Waals surface area contributed by atoms with Gasteiger partial charge in [-0.2, -0.15) is 0 Å². The van der Waals surface area contributed by atoms with Crippen LogP contribution in [-0.2, 0) is 6.54 Å². The Hall–Kier alpha value is -3.26. The summed E-state index contributed by atoms with van der Waals surface area (Å²) in [5, 5.41) is 14.6. The molecule has 0 saturated carbocycles. The minimum Gasteiger partial charge on any atom is -0.504 e. The van der Waals surface area contributed by atoms with Crippen LogP contribution in [0.15, 0.2) is 30.6 Å². The zero-order valence-electron chi connectivity index (χ0n) is 16.9. The van der Waals surface area contributed by atoms with E-state index in [0.717, 1.165) is 49.0 Å². The van der Waals surface area contributed by atoms with E-state index < -0.39 is 0 Å². The van der Waals surface area contributed by atoms with Crippen LogP contribution in [0.1, 0.15) is 24.8 Å². The molecule has 0 amide bonds. The van der Waals surface area contributed by atoms with Crippen LogP contribution in [0.3, 0.4) is 0 Å². The Morgan fingerprint density at radius 2 is 1.97 bits per heavy atom. The van der Waals surface area contributed by atoms with Gasteiger partial charge in [0, 0.05) is 18.0 Å². The molecule has 8 heteroatoms. The van der Waals surface area contributed by atoms with Gasteiger partial charge >= 0.3 is 0 Å². The number of fused-ring (bicyclic) bond motifs is 4. The summed E-state index contributed by atoms with van der Waals surface area (Å²) in [6.45, 7) is 2.49. The van der Waals surface area contributed by atoms with Gasteiger partial charge in [-0.05, 0) is 50.6 Å². The van der Waals surface area contributed by atoms with Crippen LogP contribution in [0, 0.1) is 0 Å². The summed E-state index contributed by atoms with van der Waals surface area (Å²) in [5.74, 6) is 2.53. The Balaban J connectivity index is 1.64. The Bertz CT molecular complexity index is 1090. The SMILES string of the molecule is CN1CCCCCOc2cc3c(ncnc3cc2O)Nc2c(ccc3c2OCO3)C1. The molecule has 0 atom stereocenters. The molecule has 2 aliphatic heterocycles. The summed E-state index contributed by atoms with van der Waals surface area (Å²) < 4.78 is 17.2. The second-order valence-electron chi connectivity index (χ2n) is 7.66. The molecule has 2 aromatic carbocycles. The fourth-order valence-electron chi connectivity index (χ4n) is 3.90. The lowest BCUT2D eigenvalue weighted by Gasteiger charge is -2.20. The smallest absolute Gasteiger partial charge is 0.231 e. The van der Waals surface area contributed by atoms with Crippen molar-refractivity contribution in [2.75, 3.05) is 32.3 Å². The Morgan fingerprint density at radius 1 is 1.03 bits per heavy atom. The number of anilines is 2. The molecule has 3 aromatic rings. The van der Waals surface area contributed by atoms with Gasteiger partial charge in [0.05, 0.1) is 17.8 Å². The van der Waals surface area contributed by atoms with E-state index >= 15 is 0 Å². The van der Waals surface area contributed by atoms with Crippen LogP contribution >= 0.6 is 0 Å². The minimum absolute atomic E-state index is 0.0780. The lowest BCUT2D eigenvalue weighted by atomic mass is 10.1. The first kappa shape index (κ1) is 18.7. The molecule has 1 aromatic heterocycles. The third-order valence-corrected chi connectivity index (χ3v) is 5.47. The van der Waals surface area contributed by atoms with Crippen molar-refractivity contribution >= 4 is 22.4 Å². The van der Waals surface area contributed by atoms with Crippen molar-refractivity contribution in [3.63, 3.8) is 0 Å². The monoisotopic (exact) mass is 408 g/mol. The predicted molar refractivity (Wildman–Crippen MR) is 113 cm³/mol. The summed E-state index contributed by atoms with van der Waals surface area (Å²) in [4.78, 5) is 11.1. The molecule has 3 heterocycles. The first-order valence-electron chi connectivity index (χ1n) is 10.2. The number of ether oxygens (including phenoxy) is 3. The van der Waals surface area contributed by atoms with Crippen molar-refractivity contribution in [2.45, 2.75) is 25.8 Å². The molecule has 2 N–H and O–H groups in total. The first-order chi connectivity index (χ1) is 14.7. The topological polar surface area (TPSA) is 89.0 Å². The van der Waals surface area contributed by atoms with Crippen LogP contribution < -0.4 is 19.5 Å². The Morgan fingerprint density at radius 3 is 2.90 bits per heavy atom. The normalized spacial score (nSPS) is 17.0. The third-order valence-electron chi connectivity index (χ3n) is 5.47. The standard InChI is InChI=1S/C22H24N4O4/c1-26-7-3-2-4-8-28-19-9-15-16(10-17(19)27)23-12-24-22(15)25-20-14(11-26)5-6-18-21(20)30-13-29-18/h5-6,9-10,12,27H,2-4,7-8,11,13H2,1H3,(H,23,24,25). The van der Waals surface area contributed by atoms with Gasteiger partial charge in [-0.3, -0.25) is 0 Å². The minimum atomic E-state index is 0.0780. The molecule has 8 nitrogen and oxygen atoms in total. The molecule has 2 bridgehead atoms. The van der Waals surface area contributed by atoms with Gasteiger partial charge in [-0.1, -0.05) is 6.07 Å². The molecule has 2 aliphatic rings. The second kappa shape index (κ2) is 7.87.